The van der Waals surface area contributed by atoms with Gasteiger partial charge in [-0.3, -0.25) is 4.79 Å². The van der Waals surface area contributed by atoms with Crippen molar-refractivity contribution in [2.45, 2.75) is 6.92 Å². The summed E-state index contributed by atoms with van der Waals surface area (Å²) in [7, 11) is 4.42. The molecule has 6 nitrogen and oxygen atoms in total. The van der Waals surface area contributed by atoms with Crippen LogP contribution in [0.5, 0.6) is 11.5 Å². The van der Waals surface area contributed by atoms with E-state index in [0.29, 0.717) is 28.3 Å². The highest BCUT2D eigenvalue weighted by Crippen LogP contribution is 2.29. The fraction of sp³-hybridized carbons (Fsp3) is 0.200. The number of hydrogen-bond donors (Lipinski definition) is 1. The Kier molecular flexibility index (Phi) is 6.38. The number of nitrogens with one attached hydrogen (secondary N) is 1. The molecule has 0 radical (unpaired) electrons. The highest BCUT2D eigenvalue weighted by Gasteiger charge is 2.09. The molecule has 2 aromatic carbocycles. The van der Waals surface area contributed by atoms with Crippen LogP contribution in [0, 0.1) is 0 Å². The number of ether oxygens (including phenoxy) is 3. The van der Waals surface area contributed by atoms with Crippen molar-refractivity contribution in [3.05, 3.63) is 59.2 Å². The van der Waals surface area contributed by atoms with Crippen molar-refractivity contribution >= 4 is 23.6 Å². The van der Waals surface area contributed by atoms with Gasteiger partial charge >= 0.3 is 5.97 Å². The fourth-order valence-corrected chi connectivity index (χ4v) is 2.29. The lowest BCUT2D eigenvalue weighted by atomic mass is 10.1. The molecule has 0 aliphatic heterocycles. The number of carbonyl (C=O) groups excluding carboxylic acids is 2. The van der Waals surface area contributed by atoms with E-state index in [0.717, 1.165) is 5.56 Å². The first-order valence-corrected chi connectivity index (χ1v) is 7.88. The largest absolute Gasteiger partial charge is 0.493 e. The van der Waals surface area contributed by atoms with Gasteiger partial charge in [0.05, 0.1) is 26.9 Å². The standard InChI is InChI=1S/C20H21NO5/c1-13(11-14-5-7-15(8-6-14)20(23)26-4)19(22)21-16-9-10-17(24-2)18(12-16)25-3/h5-12H,1-4H3,(H,21,22). The minimum Gasteiger partial charge on any atom is -0.493 e. The molecule has 2 rings (SSSR count). The van der Waals surface area contributed by atoms with Crippen LogP contribution in [-0.4, -0.2) is 33.2 Å². The molecule has 0 aromatic heterocycles. The van der Waals surface area contributed by atoms with Crippen molar-refractivity contribution in [3.8, 4) is 11.5 Å². The molecule has 26 heavy (non-hydrogen) atoms. The average Bonchev–Trinajstić information content (AvgIpc) is 2.67. The lowest BCUT2D eigenvalue weighted by Gasteiger charge is -2.11. The summed E-state index contributed by atoms with van der Waals surface area (Å²) in [4.78, 5) is 23.8. The number of benzene rings is 2. The first-order chi connectivity index (χ1) is 12.5. The summed E-state index contributed by atoms with van der Waals surface area (Å²) in [5.74, 6) is 0.478. The van der Waals surface area contributed by atoms with Gasteiger partial charge in [0.1, 0.15) is 0 Å². The minimum atomic E-state index is -0.400. The molecular formula is C20H21NO5. The molecule has 1 N–H and O–H groups in total. The number of carbonyl (C=O) groups is 2. The van der Waals surface area contributed by atoms with Gasteiger partial charge < -0.3 is 19.5 Å². The van der Waals surface area contributed by atoms with Gasteiger partial charge in [0.2, 0.25) is 0 Å². The smallest absolute Gasteiger partial charge is 0.337 e. The van der Waals surface area contributed by atoms with E-state index in [1.165, 1.54) is 14.2 Å². The van der Waals surface area contributed by atoms with Crippen molar-refractivity contribution in [3.63, 3.8) is 0 Å². The van der Waals surface area contributed by atoms with Crippen LogP contribution in [0.25, 0.3) is 6.08 Å². The molecule has 0 heterocycles. The zero-order chi connectivity index (χ0) is 19.1. The maximum absolute atomic E-state index is 12.4. The molecule has 6 heteroatoms. The number of anilines is 1. The number of methoxy groups -OCH3 is 3. The summed E-state index contributed by atoms with van der Waals surface area (Å²) in [6.45, 7) is 1.71. The number of hydrogen-bond acceptors (Lipinski definition) is 5. The van der Waals surface area contributed by atoms with Crippen LogP contribution >= 0.6 is 0 Å². The lowest BCUT2D eigenvalue weighted by Crippen LogP contribution is -2.12. The first-order valence-electron chi connectivity index (χ1n) is 7.88. The second-order valence-corrected chi connectivity index (χ2v) is 5.46. The molecule has 2 aromatic rings. The minimum absolute atomic E-state index is 0.241. The third-order valence-electron chi connectivity index (χ3n) is 3.71. The van der Waals surface area contributed by atoms with Crippen molar-refractivity contribution < 1.29 is 23.8 Å². The maximum Gasteiger partial charge on any atom is 0.337 e. The Labute approximate surface area is 152 Å². The number of esters is 1. The van der Waals surface area contributed by atoms with Crippen molar-refractivity contribution in [2.75, 3.05) is 26.6 Å². The van der Waals surface area contributed by atoms with E-state index in [4.69, 9.17) is 9.47 Å². The molecule has 0 saturated heterocycles. The van der Waals surface area contributed by atoms with Crippen molar-refractivity contribution in [1.82, 2.24) is 0 Å². The van der Waals surface area contributed by atoms with E-state index in [-0.39, 0.29) is 5.91 Å². The van der Waals surface area contributed by atoms with Gasteiger partial charge in [-0.05, 0) is 42.8 Å². The van der Waals surface area contributed by atoms with Gasteiger partial charge in [0.15, 0.2) is 11.5 Å². The molecule has 0 fully saturated rings. The van der Waals surface area contributed by atoms with Crippen LogP contribution in [0.2, 0.25) is 0 Å². The molecular weight excluding hydrogens is 334 g/mol. The van der Waals surface area contributed by atoms with E-state index < -0.39 is 5.97 Å². The maximum atomic E-state index is 12.4. The third-order valence-corrected chi connectivity index (χ3v) is 3.71. The van der Waals surface area contributed by atoms with E-state index >= 15 is 0 Å². The monoisotopic (exact) mass is 355 g/mol. The molecule has 0 bridgehead atoms. The Bertz CT molecular complexity index is 825. The summed E-state index contributed by atoms with van der Waals surface area (Å²) >= 11 is 0. The van der Waals surface area contributed by atoms with Gasteiger partial charge in [-0.1, -0.05) is 12.1 Å². The molecule has 0 atom stereocenters. The second kappa shape index (κ2) is 8.71. The zero-order valence-corrected chi connectivity index (χ0v) is 15.2. The van der Waals surface area contributed by atoms with Crippen LogP contribution < -0.4 is 14.8 Å². The summed E-state index contributed by atoms with van der Waals surface area (Å²) in [6, 6.07) is 11.9. The number of rotatable bonds is 6. The van der Waals surface area contributed by atoms with Crippen molar-refractivity contribution in [1.29, 1.82) is 0 Å². The zero-order valence-electron chi connectivity index (χ0n) is 15.2. The average molecular weight is 355 g/mol. The fourth-order valence-electron chi connectivity index (χ4n) is 2.29. The topological polar surface area (TPSA) is 73.9 Å². The summed E-state index contributed by atoms with van der Waals surface area (Å²) in [5.41, 5.74) is 2.38. The van der Waals surface area contributed by atoms with E-state index in [9.17, 15) is 9.59 Å². The predicted octanol–water partition coefficient (Wildman–Crippen LogP) is 3.53. The Hall–Kier alpha value is -3.28. The normalized spacial score (nSPS) is 10.8. The van der Waals surface area contributed by atoms with Gasteiger partial charge in [-0.15, -0.1) is 0 Å². The SMILES string of the molecule is COC(=O)c1ccc(C=C(C)C(=O)Nc2ccc(OC)c(OC)c2)cc1. The van der Waals surface area contributed by atoms with Crippen LogP contribution in [0.15, 0.2) is 48.0 Å². The first kappa shape index (κ1) is 19.1. The highest BCUT2D eigenvalue weighted by molar-refractivity contribution is 6.06. The van der Waals surface area contributed by atoms with Crippen LogP contribution in [0.3, 0.4) is 0 Å². The molecule has 0 saturated carbocycles. The Morgan fingerprint density at radius 3 is 2.15 bits per heavy atom. The molecule has 0 unspecified atom stereocenters. The summed E-state index contributed by atoms with van der Waals surface area (Å²) in [5, 5.41) is 2.81. The van der Waals surface area contributed by atoms with Crippen LogP contribution in [0.1, 0.15) is 22.8 Å². The summed E-state index contributed by atoms with van der Waals surface area (Å²) in [6.07, 6.45) is 1.73. The van der Waals surface area contributed by atoms with Gasteiger partial charge in [0.25, 0.3) is 5.91 Å². The molecule has 0 spiro atoms. The van der Waals surface area contributed by atoms with Crippen molar-refractivity contribution in [2.24, 2.45) is 0 Å². The lowest BCUT2D eigenvalue weighted by molar-refractivity contribution is -0.112. The third kappa shape index (κ3) is 4.63. The second-order valence-electron chi connectivity index (χ2n) is 5.46. The molecule has 0 aliphatic carbocycles. The van der Waals surface area contributed by atoms with Gasteiger partial charge in [-0.2, -0.15) is 0 Å². The van der Waals surface area contributed by atoms with E-state index in [1.54, 1.807) is 62.6 Å². The molecule has 136 valence electrons. The number of amides is 1. The van der Waals surface area contributed by atoms with Gasteiger partial charge in [-0.25, -0.2) is 4.79 Å². The highest BCUT2D eigenvalue weighted by atomic mass is 16.5. The Morgan fingerprint density at radius 2 is 1.58 bits per heavy atom. The quantitative estimate of drug-likeness (QED) is 0.634. The Morgan fingerprint density at radius 1 is 0.923 bits per heavy atom. The predicted molar refractivity (Wildman–Crippen MR) is 99.6 cm³/mol. The van der Waals surface area contributed by atoms with E-state index in [1.807, 2.05) is 0 Å². The summed E-state index contributed by atoms with van der Waals surface area (Å²) < 4.78 is 15.1. The van der Waals surface area contributed by atoms with E-state index in [2.05, 4.69) is 10.1 Å². The Balaban J connectivity index is 2.11. The van der Waals surface area contributed by atoms with Crippen LogP contribution in [-0.2, 0) is 9.53 Å². The van der Waals surface area contributed by atoms with Gasteiger partial charge in [0, 0.05) is 17.3 Å². The van der Waals surface area contributed by atoms with Crippen LogP contribution in [0.4, 0.5) is 5.69 Å². The molecule has 0 aliphatic rings. The molecule has 1 amide bonds.